The van der Waals surface area contributed by atoms with Crippen LogP contribution in [0.3, 0.4) is 0 Å². The van der Waals surface area contributed by atoms with E-state index in [0.717, 1.165) is 0 Å². The average Bonchev–Trinajstić information content (AvgIpc) is 2.83. The van der Waals surface area contributed by atoms with Gasteiger partial charge in [-0.3, -0.25) is 9.59 Å². The molecule has 3 aromatic rings. The van der Waals surface area contributed by atoms with E-state index in [1.165, 1.54) is 14.2 Å². The van der Waals surface area contributed by atoms with Gasteiger partial charge >= 0.3 is 5.97 Å². The van der Waals surface area contributed by atoms with Crippen LogP contribution in [0.2, 0.25) is 0 Å². The van der Waals surface area contributed by atoms with E-state index in [0.29, 0.717) is 34.1 Å². The summed E-state index contributed by atoms with van der Waals surface area (Å²) in [5, 5.41) is 2.79. The third-order valence-corrected chi connectivity index (χ3v) is 4.72. The summed E-state index contributed by atoms with van der Waals surface area (Å²) in [6.07, 6.45) is -1.15. The van der Waals surface area contributed by atoms with Crippen molar-refractivity contribution in [3.63, 3.8) is 0 Å². The van der Waals surface area contributed by atoms with Crippen molar-refractivity contribution in [2.24, 2.45) is 0 Å². The minimum Gasteiger partial charge on any atom is -0.497 e. The first-order chi connectivity index (χ1) is 15.5. The molecule has 0 bridgehead atoms. The molecule has 3 rings (SSSR count). The zero-order valence-electron chi connectivity index (χ0n) is 18.2. The number of hydrogen-bond donors (Lipinski definition) is 1. The number of esters is 1. The number of methoxy groups -OCH3 is 3. The minimum absolute atomic E-state index is 0.0316. The first-order valence-corrected chi connectivity index (χ1v) is 9.94. The Labute approximate surface area is 186 Å². The molecule has 1 atom stereocenters. The zero-order chi connectivity index (χ0) is 22.9. The van der Waals surface area contributed by atoms with Crippen molar-refractivity contribution in [1.29, 1.82) is 0 Å². The van der Waals surface area contributed by atoms with Gasteiger partial charge in [0.15, 0.2) is 11.5 Å². The second kappa shape index (κ2) is 10.9. The van der Waals surface area contributed by atoms with Crippen LogP contribution in [0.4, 0.5) is 5.69 Å². The van der Waals surface area contributed by atoms with Gasteiger partial charge in [-0.15, -0.1) is 0 Å². The first-order valence-electron chi connectivity index (χ1n) is 9.94. The van der Waals surface area contributed by atoms with Crippen LogP contribution in [0.5, 0.6) is 17.2 Å². The highest BCUT2D eigenvalue weighted by Gasteiger charge is 2.25. The Morgan fingerprint density at radius 3 is 2.25 bits per heavy atom. The number of hydrogen-bond acceptors (Lipinski definition) is 6. The summed E-state index contributed by atoms with van der Waals surface area (Å²) in [6.45, 7) is 0. The molecule has 0 saturated carbocycles. The van der Waals surface area contributed by atoms with Crippen LogP contribution in [0, 0.1) is 0 Å². The molecule has 0 spiro atoms. The number of amides is 1. The van der Waals surface area contributed by atoms with Gasteiger partial charge in [0.2, 0.25) is 6.10 Å². The molecule has 0 aliphatic heterocycles. The standard InChI is InChI=1S/C25H25NO6/c1-29-20-11-7-10-19(16-20)26-25(28)24(18-8-5-4-6-9-18)32-23(27)15-17-12-13-21(30-2)22(14-17)31-3/h4-14,16,24H,15H2,1-3H3,(H,26,28)/t24-/m0/s1. The number of ether oxygens (including phenoxy) is 4. The van der Waals surface area contributed by atoms with Crippen molar-refractivity contribution in [2.45, 2.75) is 12.5 Å². The van der Waals surface area contributed by atoms with Gasteiger partial charge in [0.1, 0.15) is 5.75 Å². The maximum atomic E-state index is 13.0. The SMILES string of the molecule is COc1cccc(NC(=O)[C@@H](OC(=O)Cc2ccc(OC)c(OC)c2)c2ccccc2)c1. The maximum absolute atomic E-state index is 13.0. The summed E-state index contributed by atoms with van der Waals surface area (Å²) in [5.41, 5.74) is 1.77. The van der Waals surface area contributed by atoms with Crippen LogP contribution in [-0.4, -0.2) is 33.2 Å². The predicted octanol–water partition coefficient (Wildman–Crippen LogP) is 4.18. The van der Waals surface area contributed by atoms with Crippen LogP contribution in [0.25, 0.3) is 0 Å². The van der Waals surface area contributed by atoms with Gasteiger partial charge in [-0.05, 0) is 29.8 Å². The van der Waals surface area contributed by atoms with Crippen LogP contribution in [0.15, 0.2) is 72.8 Å². The van der Waals surface area contributed by atoms with E-state index in [1.54, 1.807) is 73.8 Å². The Balaban J connectivity index is 1.77. The Morgan fingerprint density at radius 2 is 1.56 bits per heavy atom. The lowest BCUT2D eigenvalue weighted by Crippen LogP contribution is -2.26. The van der Waals surface area contributed by atoms with E-state index in [1.807, 2.05) is 6.07 Å². The smallest absolute Gasteiger partial charge is 0.311 e. The molecule has 0 radical (unpaired) electrons. The fraction of sp³-hybridized carbons (Fsp3) is 0.200. The number of carbonyl (C=O) groups excluding carboxylic acids is 2. The van der Waals surface area contributed by atoms with E-state index >= 15 is 0 Å². The normalized spacial score (nSPS) is 11.2. The summed E-state index contributed by atoms with van der Waals surface area (Å²) in [6, 6.07) is 21.0. The quantitative estimate of drug-likeness (QED) is 0.508. The summed E-state index contributed by atoms with van der Waals surface area (Å²) in [4.78, 5) is 25.7. The van der Waals surface area contributed by atoms with Crippen LogP contribution in [-0.2, 0) is 20.7 Å². The lowest BCUT2D eigenvalue weighted by Gasteiger charge is -2.18. The number of anilines is 1. The molecule has 0 aliphatic carbocycles. The van der Waals surface area contributed by atoms with Crippen molar-refractivity contribution < 1.29 is 28.5 Å². The largest absolute Gasteiger partial charge is 0.497 e. The second-order valence-electron chi connectivity index (χ2n) is 6.87. The molecule has 0 aliphatic rings. The van der Waals surface area contributed by atoms with Gasteiger partial charge in [0.25, 0.3) is 5.91 Å². The van der Waals surface area contributed by atoms with Crippen molar-refractivity contribution in [2.75, 3.05) is 26.6 Å². The molecule has 7 heteroatoms. The van der Waals surface area contributed by atoms with Gasteiger partial charge in [-0.25, -0.2) is 0 Å². The summed E-state index contributed by atoms with van der Waals surface area (Å²) >= 11 is 0. The molecule has 1 amide bonds. The van der Waals surface area contributed by atoms with Gasteiger partial charge < -0.3 is 24.3 Å². The van der Waals surface area contributed by atoms with Crippen LogP contribution < -0.4 is 19.5 Å². The zero-order valence-corrected chi connectivity index (χ0v) is 18.2. The van der Waals surface area contributed by atoms with Crippen molar-refractivity contribution in [1.82, 2.24) is 0 Å². The van der Waals surface area contributed by atoms with E-state index in [-0.39, 0.29) is 6.42 Å². The Bertz CT molecular complexity index is 1070. The summed E-state index contributed by atoms with van der Waals surface area (Å²) in [7, 11) is 4.61. The number of benzene rings is 3. The average molecular weight is 435 g/mol. The molecular formula is C25H25NO6. The number of carbonyl (C=O) groups is 2. The lowest BCUT2D eigenvalue weighted by atomic mass is 10.1. The molecule has 0 unspecified atom stereocenters. The number of rotatable bonds is 9. The third-order valence-electron chi connectivity index (χ3n) is 4.72. The Hall–Kier alpha value is -4.00. The molecule has 32 heavy (non-hydrogen) atoms. The minimum atomic E-state index is -1.12. The topological polar surface area (TPSA) is 83.1 Å². The van der Waals surface area contributed by atoms with Crippen molar-refractivity contribution in [3.05, 3.63) is 83.9 Å². The highest BCUT2D eigenvalue weighted by molar-refractivity contribution is 5.96. The molecular weight excluding hydrogens is 410 g/mol. The molecule has 3 aromatic carbocycles. The van der Waals surface area contributed by atoms with Crippen molar-refractivity contribution >= 4 is 17.6 Å². The molecule has 0 aromatic heterocycles. The lowest BCUT2D eigenvalue weighted by molar-refractivity contribution is -0.154. The van der Waals surface area contributed by atoms with E-state index in [2.05, 4.69) is 5.32 Å². The van der Waals surface area contributed by atoms with Gasteiger partial charge in [-0.1, -0.05) is 42.5 Å². The predicted molar refractivity (Wildman–Crippen MR) is 120 cm³/mol. The maximum Gasteiger partial charge on any atom is 0.311 e. The molecule has 7 nitrogen and oxygen atoms in total. The Kier molecular flexibility index (Phi) is 7.70. The van der Waals surface area contributed by atoms with Gasteiger partial charge in [0.05, 0.1) is 27.8 Å². The molecule has 0 heterocycles. The van der Waals surface area contributed by atoms with Crippen molar-refractivity contribution in [3.8, 4) is 17.2 Å². The van der Waals surface area contributed by atoms with Crippen LogP contribution >= 0.6 is 0 Å². The monoisotopic (exact) mass is 435 g/mol. The molecule has 1 N–H and O–H groups in total. The summed E-state index contributed by atoms with van der Waals surface area (Å²) in [5.74, 6) is 0.652. The third kappa shape index (κ3) is 5.78. The van der Waals surface area contributed by atoms with Gasteiger partial charge in [-0.2, -0.15) is 0 Å². The highest BCUT2D eigenvalue weighted by Crippen LogP contribution is 2.28. The first kappa shape index (κ1) is 22.7. The number of nitrogens with one attached hydrogen (secondary N) is 1. The molecule has 0 saturated heterocycles. The second-order valence-corrected chi connectivity index (χ2v) is 6.87. The van der Waals surface area contributed by atoms with Crippen LogP contribution in [0.1, 0.15) is 17.2 Å². The molecule has 166 valence electrons. The van der Waals surface area contributed by atoms with Gasteiger partial charge in [0, 0.05) is 17.3 Å². The Morgan fingerprint density at radius 1 is 0.812 bits per heavy atom. The van der Waals surface area contributed by atoms with E-state index in [9.17, 15) is 9.59 Å². The summed E-state index contributed by atoms with van der Waals surface area (Å²) < 4.78 is 21.3. The fourth-order valence-corrected chi connectivity index (χ4v) is 3.14. The van der Waals surface area contributed by atoms with E-state index in [4.69, 9.17) is 18.9 Å². The highest BCUT2D eigenvalue weighted by atomic mass is 16.5. The van der Waals surface area contributed by atoms with E-state index < -0.39 is 18.0 Å². The fourth-order valence-electron chi connectivity index (χ4n) is 3.14. The molecule has 0 fully saturated rings.